The number of aromatic nitrogens is 4. The van der Waals surface area contributed by atoms with Crippen molar-refractivity contribution in [1.82, 2.24) is 19.3 Å². The Kier molecular flexibility index (Phi) is 4.94. The minimum absolute atomic E-state index is 0.124. The summed E-state index contributed by atoms with van der Waals surface area (Å²) in [5.41, 5.74) is 0.899. The fourth-order valence-corrected chi connectivity index (χ4v) is 3.72. The summed E-state index contributed by atoms with van der Waals surface area (Å²) in [4.78, 5) is 31.3. The van der Waals surface area contributed by atoms with Crippen molar-refractivity contribution in [3.63, 3.8) is 0 Å². The van der Waals surface area contributed by atoms with Gasteiger partial charge in [-0.05, 0) is 24.3 Å². The minimum atomic E-state index is -0.298. The van der Waals surface area contributed by atoms with Gasteiger partial charge in [-0.3, -0.25) is 18.8 Å². The van der Waals surface area contributed by atoms with Crippen LogP contribution >= 0.6 is 11.8 Å². The second-order valence-corrected chi connectivity index (χ2v) is 7.26. The monoisotopic (exact) mass is 391 g/mol. The average molecular weight is 391 g/mol. The molecule has 28 heavy (non-hydrogen) atoms. The number of anilines is 1. The average Bonchev–Trinajstić information content (AvgIpc) is 3.08. The fraction of sp³-hybridized carbons (Fsp3) is 0.100. The van der Waals surface area contributed by atoms with Crippen LogP contribution in [0.4, 0.5) is 5.69 Å². The molecule has 1 amide bonds. The van der Waals surface area contributed by atoms with E-state index in [1.807, 2.05) is 54.6 Å². The molecule has 0 atom stereocenters. The third kappa shape index (κ3) is 3.67. The summed E-state index contributed by atoms with van der Waals surface area (Å²) in [6.45, 7) is -0.124. The van der Waals surface area contributed by atoms with E-state index < -0.39 is 0 Å². The van der Waals surface area contributed by atoms with Crippen LogP contribution < -0.4 is 10.9 Å². The van der Waals surface area contributed by atoms with E-state index in [1.165, 1.54) is 21.8 Å². The van der Waals surface area contributed by atoms with Crippen LogP contribution in [0.15, 0.2) is 81.7 Å². The molecule has 0 aliphatic heterocycles. The Hall–Kier alpha value is -3.39. The highest BCUT2D eigenvalue weighted by Gasteiger charge is 2.12. The van der Waals surface area contributed by atoms with Gasteiger partial charge < -0.3 is 5.32 Å². The maximum atomic E-state index is 12.6. The van der Waals surface area contributed by atoms with Crippen LogP contribution in [0.3, 0.4) is 0 Å². The van der Waals surface area contributed by atoms with Gasteiger partial charge in [-0.15, -0.1) is 0 Å². The van der Waals surface area contributed by atoms with Gasteiger partial charge in [0.15, 0.2) is 5.65 Å². The number of amides is 1. The Balaban J connectivity index is 1.53. The molecule has 7 nitrogen and oxygen atoms in total. The van der Waals surface area contributed by atoms with E-state index in [0.717, 1.165) is 9.79 Å². The van der Waals surface area contributed by atoms with Gasteiger partial charge in [0.2, 0.25) is 5.91 Å². The second kappa shape index (κ2) is 7.69. The second-order valence-electron chi connectivity index (χ2n) is 6.14. The highest BCUT2D eigenvalue weighted by Crippen LogP contribution is 2.33. The van der Waals surface area contributed by atoms with Crippen molar-refractivity contribution >= 4 is 34.4 Å². The van der Waals surface area contributed by atoms with Gasteiger partial charge in [-0.1, -0.05) is 42.1 Å². The van der Waals surface area contributed by atoms with Gasteiger partial charge in [0.1, 0.15) is 18.3 Å². The summed E-state index contributed by atoms with van der Waals surface area (Å²) in [7, 11) is 1.72. The lowest BCUT2D eigenvalue weighted by atomic mass is 10.3. The quantitative estimate of drug-likeness (QED) is 0.566. The molecule has 2 heterocycles. The van der Waals surface area contributed by atoms with Crippen molar-refractivity contribution in [2.45, 2.75) is 16.3 Å². The number of carbonyl (C=O) groups excluding carboxylic acids is 1. The van der Waals surface area contributed by atoms with Crippen LogP contribution in [0.25, 0.3) is 11.0 Å². The summed E-state index contributed by atoms with van der Waals surface area (Å²) >= 11 is 1.56. The third-order valence-electron chi connectivity index (χ3n) is 4.16. The highest BCUT2D eigenvalue weighted by molar-refractivity contribution is 7.99. The van der Waals surface area contributed by atoms with Crippen molar-refractivity contribution in [3.05, 3.63) is 77.5 Å². The number of para-hydroxylation sites is 1. The number of hydrogen-bond donors (Lipinski definition) is 1. The van der Waals surface area contributed by atoms with Crippen molar-refractivity contribution in [2.24, 2.45) is 7.05 Å². The molecular formula is C20H17N5O2S. The van der Waals surface area contributed by atoms with Crippen molar-refractivity contribution in [3.8, 4) is 0 Å². The van der Waals surface area contributed by atoms with E-state index in [0.29, 0.717) is 16.7 Å². The Morgan fingerprint density at radius 2 is 1.86 bits per heavy atom. The maximum absolute atomic E-state index is 12.6. The molecule has 0 saturated heterocycles. The Morgan fingerprint density at radius 1 is 1.11 bits per heavy atom. The zero-order valence-corrected chi connectivity index (χ0v) is 15.9. The largest absolute Gasteiger partial charge is 0.323 e. The number of nitrogens with one attached hydrogen (secondary N) is 1. The normalized spacial score (nSPS) is 10.9. The molecule has 2 aromatic heterocycles. The molecule has 2 aromatic carbocycles. The number of benzene rings is 2. The Morgan fingerprint density at radius 3 is 2.68 bits per heavy atom. The summed E-state index contributed by atoms with van der Waals surface area (Å²) in [6.07, 6.45) is 2.83. The third-order valence-corrected chi connectivity index (χ3v) is 5.25. The van der Waals surface area contributed by atoms with E-state index in [9.17, 15) is 9.59 Å². The van der Waals surface area contributed by atoms with Gasteiger partial charge in [-0.2, -0.15) is 5.10 Å². The molecule has 0 aliphatic carbocycles. The summed E-state index contributed by atoms with van der Waals surface area (Å²) in [5, 5.41) is 7.31. The summed E-state index contributed by atoms with van der Waals surface area (Å²) in [6, 6.07) is 17.5. The van der Waals surface area contributed by atoms with Gasteiger partial charge in [0.05, 0.1) is 11.9 Å². The molecule has 0 spiro atoms. The number of rotatable bonds is 5. The first-order chi connectivity index (χ1) is 13.6. The van der Waals surface area contributed by atoms with Crippen LogP contribution in [0.1, 0.15) is 0 Å². The molecular weight excluding hydrogens is 374 g/mol. The Labute approximate surface area is 165 Å². The van der Waals surface area contributed by atoms with Crippen LogP contribution in [-0.4, -0.2) is 25.2 Å². The molecule has 0 bridgehead atoms. The highest BCUT2D eigenvalue weighted by atomic mass is 32.2. The predicted molar refractivity (Wildman–Crippen MR) is 108 cm³/mol. The first-order valence-corrected chi connectivity index (χ1v) is 9.42. The zero-order valence-electron chi connectivity index (χ0n) is 15.1. The standard InChI is InChI=1S/C20H17N5O2S/c1-24-19-15(11-22-24)20(27)25(13-21-19)12-18(26)23-16-9-5-6-10-17(16)28-14-7-3-2-4-8-14/h2-11,13H,12H2,1H3,(H,23,26). The number of aryl methyl sites for hydroxylation is 1. The number of nitrogens with zero attached hydrogens (tertiary/aromatic N) is 4. The van der Waals surface area contributed by atoms with Crippen molar-refractivity contribution in [2.75, 3.05) is 5.32 Å². The fourth-order valence-electron chi connectivity index (χ4n) is 2.80. The van der Waals surface area contributed by atoms with E-state index in [1.54, 1.807) is 18.8 Å². The van der Waals surface area contributed by atoms with Crippen LogP contribution in [-0.2, 0) is 18.4 Å². The number of hydrogen-bond acceptors (Lipinski definition) is 5. The number of carbonyl (C=O) groups is 1. The smallest absolute Gasteiger partial charge is 0.264 e. The maximum Gasteiger partial charge on any atom is 0.264 e. The van der Waals surface area contributed by atoms with Gasteiger partial charge >= 0.3 is 0 Å². The Bertz CT molecular complexity index is 1200. The van der Waals surface area contributed by atoms with Crippen molar-refractivity contribution in [1.29, 1.82) is 0 Å². The molecule has 8 heteroatoms. The lowest BCUT2D eigenvalue weighted by Gasteiger charge is -2.11. The molecule has 4 aromatic rings. The topological polar surface area (TPSA) is 81.8 Å². The van der Waals surface area contributed by atoms with Gasteiger partial charge in [0.25, 0.3) is 5.56 Å². The van der Waals surface area contributed by atoms with Crippen LogP contribution in [0.2, 0.25) is 0 Å². The van der Waals surface area contributed by atoms with E-state index in [2.05, 4.69) is 15.4 Å². The van der Waals surface area contributed by atoms with Crippen LogP contribution in [0.5, 0.6) is 0 Å². The number of fused-ring (bicyclic) bond motifs is 1. The molecule has 4 rings (SSSR count). The van der Waals surface area contributed by atoms with E-state index >= 15 is 0 Å². The van der Waals surface area contributed by atoms with Gasteiger partial charge in [0, 0.05) is 16.8 Å². The lowest BCUT2D eigenvalue weighted by Crippen LogP contribution is -2.28. The van der Waals surface area contributed by atoms with Gasteiger partial charge in [-0.25, -0.2) is 4.98 Å². The first kappa shape index (κ1) is 18.0. The van der Waals surface area contributed by atoms with E-state index in [4.69, 9.17) is 0 Å². The lowest BCUT2D eigenvalue weighted by molar-refractivity contribution is -0.116. The molecule has 140 valence electrons. The summed E-state index contributed by atoms with van der Waals surface area (Å²) in [5.74, 6) is -0.298. The molecule has 0 saturated carbocycles. The first-order valence-electron chi connectivity index (χ1n) is 8.61. The van der Waals surface area contributed by atoms with E-state index in [-0.39, 0.29) is 18.0 Å². The zero-order chi connectivity index (χ0) is 19.5. The molecule has 1 N–H and O–H groups in total. The minimum Gasteiger partial charge on any atom is -0.323 e. The van der Waals surface area contributed by atoms with Crippen molar-refractivity contribution < 1.29 is 4.79 Å². The molecule has 0 fully saturated rings. The molecule has 0 aliphatic rings. The van der Waals surface area contributed by atoms with Crippen LogP contribution in [0, 0.1) is 0 Å². The summed E-state index contributed by atoms with van der Waals surface area (Å²) < 4.78 is 2.81. The SMILES string of the molecule is Cn1ncc2c(=O)n(CC(=O)Nc3ccccc3Sc3ccccc3)cnc21. The predicted octanol–water partition coefficient (Wildman–Crippen LogP) is 2.92. The molecule has 0 unspecified atom stereocenters. The molecule has 0 radical (unpaired) electrons.